The SMILES string of the molecule is CO/N=C(\C#N)C(=O)NCC1CC(C(C)(C)C)=NO1. The lowest BCUT2D eigenvalue weighted by atomic mass is 9.87. The van der Waals surface area contributed by atoms with E-state index in [1.807, 2.05) is 0 Å². The fourth-order valence-corrected chi connectivity index (χ4v) is 1.48. The van der Waals surface area contributed by atoms with Crippen molar-refractivity contribution in [2.45, 2.75) is 33.3 Å². The number of nitriles is 1. The van der Waals surface area contributed by atoms with E-state index in [2.05, 4.69) is 41.2 Å². The van der Waals surface area contributed by atoms with Gasteiger partial charge in [-0.1, -0.05) is 31.1 Å². The van der Waals surface area contributed by atoms with E-state index in [9.17, 15) is 4.79 Å². The lowest BCUT2D eigenvalue weighted by Crippen LogP contribution is -2.37. The van der Waals surface area contributed by atoms with Crippen molar-refractivity contribution in [2.75, 3.05) is 13.7 Å². The maximum Gasteiger partial charge on any atom is 0.284 e. The maximum absolute atomic E-state index is 11.6. The fraction of sp³-hybridized carbons (Fsp3) is 0.667. The van der Waals surface area contributed by atoms with Gasteiger partial charge in [0.1, 0.15) is 19.3 Å². The Labute approximate surface area is 112 Å². The van der Waals surface area contributed by atoms with E-state index < -0.39 is 5.91 Å². The zero-order valence-electron chi connectivity index (χ0n) is 11.6. The molecule has 1 unspecified atom stereocenters. The Balaban J connectivity index is 2.43. The summed E-state index contributed by atoms with van der Waals surface area (Å²) in [6.45, 7) is 6.42. The smallest absolute Gasteiger partial charge is 0.284 e. The molecule has 0 aliphatic carbocycles. The Hall–Kier alpha value is -2.10. The van der Waals surface area contributed by atoms with E-state index in [1.165, 1.54) is 7.11 Å². The monoisotopic (exact) mass is 266 g/mol. The number of hydrogen-bond acceptors (Lipinski definition) is 6. The summed E-state index contributed by atoms with van der Waals surface area (Å²) in [5.41, 5.74) is 0.587. The molecule has 1 aliphatic heterocycles. The third kappa shape index (κ3) is 4.25. The molecule has 0 spiro atoms. The quantitative estimate of drug-likeness (QED) is 0.601. The van der Waals surface area contributed by atoms with Gasteiger partial charge in [-0.2, -0.15) is 5.26 Å². The molecule has 0 saturated carbocycles. The van der Waals surface area contributed by atoms with Crippen LogP contribution in [0.3, 0.4) is 0 Å². The largest absolute Gasteiger partial charge is 0.398 e. The van der Waals surface area contributed by atoms with Crippen molar-refractivity contribution in [3.8, 4) is 6.07 Å². The first-order chi connectivity index (χ1) is 8.88. The van der Waals surface area contributed by atoms with Crippen LogP contribution in [0.15, 0.2) is 10.3 Å². The molecule has 0 aromatic rings. The summed E-state index contributed by atoms with van der Waals surface area (Å²) < 4.78 is 0. The Morgan fingerprint density at radius 1 is 1.68 bits per heavy atom. The van der Waals surface area contributed by atoms with E-state index in [4.69, 9.17) is 10.1 Å². The molecule has 19 heavy (non-hydrogen) atoms. The second-order valence-corrected chi connectivity index (χ2v) is 5.16. The Kier molecular flexibility index (Phi) is 4.87. The summed E-state index contributed by atoms with van der Waals surface area (Å²) in [6.07, 6.45) is 0.452. The molecule has 7 nitrogen and oxygen atoms in total. The summed E-state index contributed by atoms with van der Waals surface area (Å²) in [5, 5.41) is 18.6. The van der Waals surface area contributed by atoms with E-state index in [1.54, 1.807) is 6.07 Å². The minimum Gasteiger partial charge on any atom is -0.398 e. The fourth-order valence-electron chi connectivity index (χ4n) is 1.48. The van der Waals surface area contributed by atoms with E-state index >= 15 is 0 Å². The van der Waals surface area contributed by atoms with Gasteiger partial charge in [0.25, 0.3) is 5.91 Å². The highest BCUT2D eigenvalue weighted by Gasteiger charge is 2.29. The zero-order chi connectivity index (χ0) is 14.5. The third-order valence-electron chi connectivity index (χ3n) is 2.59. The van der Waals surface area contributed by atoms with Gasteiger partial charge in [-0.15, -0.1) is 0 Å². The number of oxime groups is 2. The summed E-state index contributed by atoms with van der Waals surface area (Å²) in [5.74, 6) is -0.586. The minimum absolute atomic E-state index is 0.0475. The molecular formula is C12H18N4O3. The van der Waals surface area contributed by atoms with Gasteiger partial charge in [0, 0.05) is 11.8 Å². The van der Waals surface area contributed by atoms with Crippen molar-refractivity contribution < 1.29 is 14.5 Å². The van der Waals surface area contributed by atoms with Gasteiger partial charge in [-0.3, -0.25) is 4.79 Å². The van der Waals surface area contributed by atoms with Crippen molar-refractivity contribution in [1.29, 1.82) is 5.26 Å². The number of nitrogens with zero attached hydrogens (tertiary/aromatic N) is 3. The molecule has 1 heterocycles. The second kappa shape index (κ2) is 6.18. The lowest BCUT2D eigenvalue weighted by molar-refractivity contribution is -0.115. The molecule has 0 saturated heterocycles. The Morgan fingerprint density at radius 3 is 2.84 bits per heavy atom. The number of carbonyl (C=O) groups excluding carboxylic acids is 1. The van der Waals surface area contributed by atoms with Gasteiger partial charge < -0.3 is 15.0 Å². The van der Waals surface area contributed by atoms with Crippen molar-refractivity contribution in [3.63, 3.8) is 0 Å². The standard InChI is InChI=1S/C12H18N4O3/c1-12(2,3)10-5-8(19-16-10)7-14-11(17)9(6-13)15-18-4/h8H,5,7H2,1-4H3,(H,14,17)/b15-9+. The first kappa shape index (κ1) is 15.0. The number of carbonyl (C=O) groups is 1. The second-order valence-electron chi connectivity index (χ2n) is 5.16. The minimum atomic E-state index is -0.586. The number of nitrogens with one attached hydrogen (secondary N) is 1. The average molecular weight is 266 g/mol. The van der Waals surface area contributed by atoms with Crippen LogP contribution in [0.5, 0.6) is 0 Å². The van der Waals surface area contributed by atoms with Crippen LogP contribution in [-0.2, 0) is 14.5 Å². The molecule has 0 fully saturated rings. The molecule has 1 aliphatic rings. The van der Waals surface area contributed by atoms with Crippen molar-refractivity contribution in [3.05, 3.63) is 0 Å². The molecule has 0 aromatic carbocycles. The molecule has 1 atom stereocenters. The summed E-state index contributed by atoms with van der Waals surface area (Å²) in [7, 11) is 1.27. The van der Waals surface area contributed by atoms with Crippen LogP contribution < -0.4 is 5.32 Å². The molecule has 0 aromatic heterocycles. The summed E-state index contributed by atoms with van der Waals surface area (Å²) >= 11 is 0. The molecule has 1 N–H and O–H groups in total. The Bertz CT molecular complexity index is 443. The average Bonchev–Trinajstić information content (AvgIpc) is 2.81. The van der Waals surface area contributed by atoms with Crippen LogP contribution in [0.25, 0.3) is 0 Å². The molecule has 1 rings (SSSR count). The summed E-state index contributed by atoms with van der Waals surface area (Å²) in [4.78, 5) is 21.2. The van der Waals surface area contributed by atoms with Gasteiger partial charge in [-0.05, 0) is 0 Å². The highest BCUT2D eigenvalue weighted by atomic mass is 16.6. The van der Waals surface area contributed by atoms with Crippen molar-refractivity contribution >= 4 is 17.3 Å². The molecule has 7 heteroatoms. The van der Waals surface area contributed by atoms with E-state index in [-0.39, 0.29) is 23.8 Å². The predicted octanol–water partition coefficient (Wildman–Crippen LogP) is 0.820. The van der Waals surface area contributed by atoms with Crippen molar-refractivity contribution in [2.24, 2.45) is 15.7 Å². The molecular weight excluding hydrogens is 248 g/mol. The lowest BCUT2D eigenvalue weighted by Gasteiger charge is -2.16. The molecule has 1 amide bonds. The number of amides is 1. The van der Waals surface area contributed by atoms with Crippen LogP contribution in [0.4, 0.5) is 0 Å². The van der Waals surface area contributed by atoms with Gasteiger partial charge in [-0.25, -0.2) is 0 Å². The van der Waals surface area contributed by atoms with E-state index in [0.29, 0.717) is 6.42 Å². The maximum atomic E-state index is 11.6. The topological polar surface area (TPSA) is 96.1 Å². The Morgan fingerprint density at radius 2 is 2.37 bits per heavy atom. The van der Waals surface area contributed by atoms with Crippen LogP contribution in [0.2, 0.25) is 0 Å². The van der Waals surface area contributed by atoms with Crippen molar-refractivity contribution in [1.82, 2.24) is 5.32 Å². The third-order valence-corrected chi connectivity index (χ3v) is 2.59. The highest BCUT2D eigenvalue weighted by molar-refractivity contribution is 6.45. The normalized spacial score (nSPS) is 19.2. The van der Waals surface area contributed by atoms with Crippen LogP contribution in [-0.4, -0.2) is 37.1 Å². The van der Waals surface area contributed by atoms with Crippen LogP contribution >= 0.6 is 0 Å². The van der Waals surface area contributed by atoms with Gasteiger partial charge in [0.15, 0.2) is 0 Å². The molecule has 0 radical (unpaired) electrons. The number of hydrogen-bond donors (Lipinski definition) is 1. The van der Waals surface area contributed by atoms with E-state index in [0.717, 1.165) is 5.71 Å². The first-order valence-corrected chi connectivity index (χ1v) is 5.91. The first-order valence-electron chi connectivity index (χ1n) is 5.91. The zero-order valence-corrected chi connectivity index (χ0v) is 11.6. The van der Waals surface area contributed by atoms with Gasteiger partial charge in [0.2, 0.25) is 5.71 Å². The van der Waals surface area contributed by atoms with Crippen LogP contribution in [0, 0.1) is 16.7 Å². The molecule has 104 valence electrons. The summed E-state index contributed by atoms with van der Waals surface area (Å²) in [6, 6.07) is 1.65. The van der Waals surface area contributed by atoms with Gasteiger partial charge in [0.05, 0.1) is 12.3 Å². The highest BCUT2D eigenvalue weighted by Crippen LogP contribution is 2.24. The van der Waals surface area contributed by atoms with Crippen LogP contribution in [0.1, 0.15) is 27.2 Å². The molecule has 0 bridgehead atoms. The predicted molar refractivity (Wildman–Crippen MR) is 69.4 cm³/mol. The number of rotatable bonds is 4. The van der Waals surface area contributed by atoms with Gasteiger partial charge >= 0.3 is 0 Å².